The molecule has 1 aromatic rings. The maximum Gasteiger partial charge on any atom is 0.416 e. The normalized spacial score (nSPS) is 22.9. The van der Waals surface area contributed by atoms with Crippen molar-refractivity contribution in [2.24, 2.45) is 0 Å². The van der Waals surface area contributed by atoms with Gasteiger partial charge in [0.05, 0.1) is 17.7 Å². The third-order valence-corrected chi connectivity index (χ3v) is 3.67. The van der Waals surface area contributed by atoms with Gasteiger partial charge in [0.15, 0.2) is 0 Å². The number of likely N-dealkylation sites (tertiary alicyclic amines) is 1. The molecule has 1 amide bonds. The number of amides is 1. The summed E-state index contributed by atoms with van der Waals surface area (Å²) in [4.78, 5) is 15.5. The SMILES string of the molecule is CN(C)[C@@H]1CN(C(=O)c2ccc(C(F)(F)F)cc2)C[C@H]1O. The molecule has 1 aliphatic rings. The molecule has 0 spiro atoms. The van der Waals surface area contributed by atoms with E-state index in [2.05, 4.69) is 0 Å². The molecule has 1 N–H and O–H groups in total. The molecule has 0 aliphatic carbocycles. The zero-order valence-corrected chi connectivity index (χ0v) is 11.8. The lowest BCUT2D eigenvalue weighted by molar-refractivity contribution is -0.137. The molecule has 2 atom stereocenters. The number of benzene rings is 1. The van der Waals surface area contributed by atoms with Gasteiger partial charge in [-0.3, -0.25) is 4.79 Å². The third kappa shape index (κ3) is 3.36. The maximum absolute atomic E-state index is 12.5. The van der Waals surface area contributed by atoms with Crippen LogP contribution in [0.3, 0.4) is 0 Å². The Labute approximate surface area is 120 Å². The molecule has 1 saturated heterocycles. The lowest BCUT2D eigenvalue weighted by atomic mass is 10.1. The molecular weight excluding hydrogens is 285 g/mol. The quantitative estimate of drug-likeness (QED) is 0.899. The first kappa shape index (κ1) is 15.8. The molecule has 1 fully saturated rings. The second-order valence-corrected chi connectivity index (χ2v) is 5.38. The molecule has 2 rings (SSSR count). The molecule has 1 heterocycles. The molecule has 0 saturated carbocycles. The Hall–Kier alpha value is -1.60. The topological polar surface area (TPSA) is 43.8 Å². The maximum atomic E-state index is 12.5. The number of halogens is 3. The Morgan fingerprint density at radius 1 is 1.24 bits per heavy atom. The van der Waals surface area contributed by atoms with E-state index in [9.17, 15) is 23.1 Å². The molecule has 0 bridgehead atoms. The monoisotopic (exact) mass is 302 g/mol. The smallest absolute Gasteiger partial charge is 0.390 e. The van der Waals surface area contributed by atoms with Crippen molar-refractivity contribution in [3.63, 3.8) is 0 Å². The van der Waals surface area contributed by atoms with Gasteiger partial charge >= 0.3 is 6.18 Å². The highest BCUT2D eigenvalue weighted by Gasteiger charge is 2.36. The highest BCUT2D eigenvalue weighted by atomic mass is 19.4. The van der Waals surface area contributed by atoms with Crippen molar-refractivity contribution in [2.75, 3.05) is 27.2 Å². The summed E-state index contributed by atoms with van der Waals surface area (Å²) in [5.74, 6) is -0.368. The minimum absolute atomic E-state index is 0.164. The van der Waals surface area contributed by atoms with E-state index < -0.39 is 17.8 Å². The molecular formula is C14H17F3N2O2. The van der Waals surface area contributed by atoms with Crippen LogP contribution in [0, 0.1) is 0 Å². The zero-order valence-electron chi connectivity index (χ0n) is 11.8. The van der Waals surface area contributed by atoms with Crippen LogP contribution in [0.25, 0.3) is 0 Å². The van der Waals surface area contributed by atoms with E-state index in [1.807, 2.05) is 4.90 Å². The van der Waals surface area contributed by atoms with E-state index in [-0.39, 0.29) is 24.1 Å². The summed E-state index contributed by atoms with van der Waals surface area (Å²) < 4.78 is 37.4. The number of carbonyl (C=O) groups is 1. The van der Waals surface area contributed by atoms with Gasteiger partial charge in [-0.25, -0.2) is 0 Å². The zero-order chi connectivity index (χ0) is 15.8. The predicted octanol–water partition coefficient (Wildman–Crippen LogP) is 1.45. The molecule has 7 heteroatoms. The van der Waals surface area contributed by atoms with E-state index >= 15 is 0 Å². The summed E-state index contributed by atoms with van der Waals surface area (Å²) >= 11 is 0. The van der Waals surface area contributed by atoms with Gasteiger partial charge in [0, 0.05) is 18.7 Å². The lowest BCUT2D eigenvalue weighted by Gasteiger charge is -2.21. The molecule has 1 aromatic carbocycles. The molecule has 0 radical (unpaired) electrons. The molecule has 21 heavy (non-hydrogen) atoms. The number of nitrogens with zero attached hydrogens (tertiary/aromatic N) is 2. The second-order valence-electron chi connectivity index (χ2n) is 5.38. The van der Waals surface area contributed by atoms with Gasteiger partial charge < -0.3 is 14.9 Å². The van der Waals surface area contributed by atoms with E-state index in [1.54, 1.807) is 14.1 Å². The molecule has 0 aromatic heterocycles. The van der Waals surface area contributed by atoms with Crippen LogP contribution in [0.4, 0.5) is 13.2 Å². The largest absolute Gasteiger partial charge is 0.416 e. The lowest BCUT2D eigenvalue weighted by Crippen LogP contribution is -2.38. The summed E-state index contributed by atoms with van der Waals surface area (Å²) in [5.41, 5.74) is -0.596. The van der Waals surface area contributed by atoms with Gasteiger partial charge in [-0.05, 0) is 38.4 Å². The van der Waals surface area contributed by atoms with Gasteiger partial charge in [0.25, 0.3) is 5.91 Å². The number of hydrogen-bond acceptors (Lipinski definition) is 3. The number of aliphatic hydroxyl groups excluding tert-OH is 1. The van der Waals surface area contributed by atoms with Crippen LogP contribution in [0.5, 0.6) is 0 Å². The molecule has 116 valence electrons. The molecule has 0 unspecified atom stereocenters. The van der Waals surface area contributed by atoms with Crippen LogP contribution in [-0.2, 0) is 6.18 Å². The van der Waals surface area contributed by atoms with E-state index in [4.69, 9.17) is 0 Å². The summed E-state index contributed by atoms with van der Waals surface area (Å²) in [7, 11) is 3.61. The summed E-state index contributed by atoms with van der Waals surface area (Å²) in [5, 5.41) is 9.89. The average Bonchev–Trinajstić information content (AvgIpc) is 2.79. The third-order valence-electron chi connectivity index (χ3n) is 3.67. The van der Waals surface area contributed by atoms with Crippen molar-refractivity contribution in [1.29, 1.82) is 0 Å². The van der Waals surface area contributed by atoms with E-state index in [0.29, 0.717) is 6.54 Å². The fraction of sp³-hybridized carbons (Fsp3) is 0.500. The van der Waals surface area contributed by atoms with Crippen molar-refractivity contribution < 1.29 is 23.1 Å². The fourth-order valence-corrected chi connectivity index (χ4v) is 2.43. The van der Waals surface area contributed by atoms with E-state index in [0.717, 1.165) is 12.1 Å². The van der Waals surface area contributed by atoms with Crippen molar-refractivity contribution in [2.45, 2.75) is 18.3 Å². The van der Waals surface area contributed by atoms with E-state index in [1.165, 1.54) is 17.0 Å². The van der Waals surface area contributed by atoms with Crippen LogP contribution in [0.15, 0.2) is 24.3 Å². The highest BCUT2D eigenvalue weighted by molar-refractivity contribution is 5.94. The van der Waals surface area contributed by atoms with Crippen LogP contribution in [0.1, 0.15) is 15.9 Å². The standard InChI is InChI=1S/C14H17F3N2O2/c1-18(2)11-7-19(8-12(11)20)13(21)9-3-5-10(6-4-9)14(15,16)17/h3-6,11-12,20H,7-8H2,1-2H3/t11-,12-/m1/s1. The predicted molar refractivity (Wildman–Crippen MR) is 70.8 cm³/mol. The first-order valence-corrected chi connectivity index (χ1v) is 6.51. The van der Waals surface area contributed by atoms with Gasteiger partial charge in [0.2, 0.25) is 0 Å². The number of hydrogen-bond donors (Lipinski definition) is 1. The fourth-order valence-electron chi connectivity index (χ4n) is 2.43. The Kier molecular flexibility index (Phi) is 4.25. The minimum atomic E-state index is -4.42. The number of aliphatic hydroxyl groups is 1. The average molecular weight is 302 g/mol. The first-order valence-electron chi connectivity index (χ1n) is 6.51. The van der Waals surface area contributed by atoms with Crippen LogP contribution in [0.2, 0.25) is 0 Å². The van der Waals surface area contributed by atoms with Crippen molar-refractivity contribution in [3.05, 3.63) is 35.4 Å². The minimum Gasteiger partial charge on any atom is -0.390 e. The summed E-state index contributed by atoms with van der Waals surface area (Å²) in [6.45, 7) is 0.538. The number of carbonyl (C=O) groups excluding carboxylic acids is 1. The van der Waals surface area contributed by atoms with Gasteiger partial charge in [-0.1, -0.05) is 0 Å². The van der Waals surface area contributed by atoms with Crippen LogP contribution >= 0.6 is 0 Å². The number of rotatable bonds is 2. The Balaban J connectivity index is 2.11. The number of likely N-dealkylation sites (N-methyl/N-ethyl adjacent to an activating group) is 1. The Morgan fingerprint density at radius 3 is 2.24 bits per heavy atom. The van der Waals surface area contributed by atoms with Gasteiger partial charge in [0.1, 0.15) is 0 Å². The summed E-state index contributed by atoms with van der Waals surface area (Å²) in [6, 6.07) is 3.95. The van der Waals surface area contributed by atoms with Crippen LogP contribution < -0.4 is 0 Å². The Morgan fingerprint density at radius 2 is 1.81 bits per heavy atom. The summed E-state index contributed by atoms with van der Waals surface area (Å²) in [6.07, 6.45) is -5.07. The molecule has 1 aliphatic heterocycles. The Bertz CT molecular complexity index is 514. The second kappa shape index (κ2) is 5.65. The molecule has 4 nitrogen and oxygen atoms in total. The number of alkyl halides is 3. The first-order chi connectivity index (χ1) is 9.70. The highest BCUT2D eigenvalue weighted by Crippen LogP contribution is 2.29. The van der Waals surface area contributed by atoms with Crippen molar-refractivity contribution >= 4 is 5.91 Å². The van der Waals surface area contributed by atoms with Crippen LogP contribution in [-0.4, -0.2) is 60.1 Å². The number of β-amino-alcohol motifs (C(OH)–C–C–N with tert-alkyl or cyclic N) is 1. The van der Waals surface area contributed by atoms with Gasteiger partial charge in [-0.2, -0.15) is 13.2 Å². The van der Waals surface area contributed by atoms with Crippen molar-refractivity contribution in [3.8, 4) is 0 Å². The van der Waals surface area contributed by atoms with Crippen molar-refractivity contribution in [1.82, 2.24) is 9.80 Å². The van der Waals surface area contributed by atoms with Gasteiger partial charge in [-0.15, -0.1) is 0 Å².